The highest BCUT2D eigenvalue weighted by molar-refractivity contribution is 7.17. The summed E-state index contributed by atoms with van der Waals surface area (Å²) in [6.07, 6.45) is 0. The highest BCUT2D eigenvalue weighted by Gasteiger charge is 2.18. The molecule has 24 heavy (non-hydrogen) atoms. The zero-order chi connectivity index (χ0) is 17.7. The molecule has 1 aromatic heterocycles. The maximum Gasteiger partial charge on any atom is 0.350 e. The van der Waals surface area contributed by atoms with Crippen LogP contribution in [0.5, 0.6) is 5.75 Å². The predicted molar refractivity (Wildman–Crippen MR) is 97.7 cm³/mol. The van der Waals surface area contributed by atoms with Crippen LogP contribution >= 0.6 is 11.3 Å². The van der Waals surface area contributed by atoms with Crippen LogP contribution in [0.15, 0.2) is 24.3 Å². The Morgan fingerprint density at radius 1 is 1.08 bits per heavy atom. The van der Waals surface area contributed by atoms with Crippen LogP contribution in [-0.4, -0.2) is 24.2 Å². The molecule has 5 heteroatoms. The van der Waals surface area contributed by atoms with E-state index in [0.717, 1.165) is 16.3 Å². The lowest BCUT2D eigenvalue weighted by molar-refractivity contribution is 0.0463. The molecular weight excluding hydrogens is 322 g/mol. The Morgan fingerprint density at radius 2 is 1.71 bits per heavy atom. The predicted octanol–water partition coefficient (Wildman–Crippen LogP) is 4.97. The molecular formula is C19H25NO3S. The summed E-state index contributed by atoms with van der Waals surface area (Å²) in [7, 11) is 0. The van der Waals surface area contributed by atoms with Crippen molar-refractivity contribution < 1.29 is 14.3 Å². The molecule has 0 aliphatic rings. The number of hydrogen-bond acceptors (Lipinski definition) is 5. The van der Waals surface area contributed by atoms with E-state index in [1.54, 1.807) is 0 Å². The topological polar surface area (TPSA) is 48.4 Å². The first-order valence-corrected chi connectivity index (χ1v) is 9.06. The van der Waals surface area contributed by atoms with Gasteiger partial charge < -0.3 is 9.47 Å². The van der Waals surface area contributed by atoms with Gasteiger partial charge in [-0.1, -0.05) is 27.7 Å². The van der Waals surface area contributed by atoms with Gasteiger partial charge in [0.2, 0.25) is 0 Å². The quantitative estimate of drug-likeness (QED) is 0.664. The minimum atomic E-state index is -0.290. The van der Waals surface area contributed by atoms with Crippen molar-refractivity contribution in [2.45, 2.75) is 34.6 Å². The van der Waals surface area contributed by atoms with Crippen molar-refractivity contribution in [3.05, 3.63) is 34.8 Å². The summed E-state index contributed by atoms with van der Waals surface area (Å²) >= 11 is 1.37. The van der Waals surface area contributed by atoms with Gasteiger partial charge in [-0.3, -0.25) is 0 Å². The second-order valence-electron chi connectivity index (χ2n) is 6.66. The summed E-state index contributed by atoms with van der Waals surface area (Å²) in [4.78, 5) is 17.2. The van der Waals surface area contributed by atoms with Crippen molar-refractivity contribution in [3.8, 4) is 16.3 Å². The molecule has 0 atom stereocenters. The van der Waals surface area contributed by atoms with E-state index in [1.165, 1.54) is 11.3 Å². The fourth-order valence-electron chi connectivity index (χ4n) is 1.97. The largest absolute Gasteiger partial charge is 0.493 e. The summed E-state index contributed by atoms with van der Waals surface area (Å²) in [5.74, 6) is 1.37. The van der Waals surface area contributed by atoms with Gasteiger partial charge in [-0.05, 0) is 43.0 Å². The molecule has 1 heterocycles. The molecule has 4 nitrogen and oxygen atoms in total. The van der Waals surface area contributed by atoms with Crippen LogP contribution in [0, 0.1) is 18.8 Å². The smallest absolute Gasteiger partial charge is 0.350 e. The van der Waals surface area contributed by atoms with Crippen molar-refractivity contribution >= 4 is 17.3 Å². The maximum absolute atomic E-state index is 12.1. The Morgan fingerprint density at radius 3 is 2.29 bits per heavy atom. The number of thiazole rings is 1. The average Bonchev–Trinajstić information content (AvgIpc) is 2.93. The van der Waals surface area contributed by atoms with Gasteiger partial charge in [0.1, 0.15) is 15.6 Å². The summed E-state index contributed by atoms with van der Waals surface area (Å²) in [5.41, 5.74) is 1.69. The van der Waals surface area contributed by atoms with E-state index in [1.807, 2.05) is 45.0 Å². The number of ether oxygens (including phenoxy) is 2. The van der Waals surface area contributed by atoms with Crippen LogP contribution in [0.25, 0.3) is 10.6 Å². The Labute approximate surface area is 147 Å². The van der Waals surface area contributed by atoms with Gasteiger partial charge in [0.15, 0.2) is 0 Å². The molecule has 0 saturated carbocycles. The number of rotatable bonds is 7. The molecule has 0 N–H and O–H groups in total. The van der Waals surface area contributed by atoms with E-state index in [0.29, 0.717) is 35.6 Å². The molecule has 0 spiro atoms. The van der Waals surface area contributed by atoms with Gasteiger partial charge in [0, 0.05) is 5.56 Å². The minimum absolute atomic E-state index is 0.290. The molecule has 0 bridgehead atoms. The van der Waals surface area contributed by atoms with Crippen molar-refractivity contribution in [1.29, 1.82) is 0 Å². The molecule has 1 aromatic carbocycles. The minimum Gasteiger partial charge on any atom is -0.493 e. The van der Waals surface area contributed by atoms with Gasteiger partial charge in [-0.15, -0.1) is 11.3 Å². The molecule has 2 rings (SSSR count). The van der Waals surface area contributed by atoms with E-state index in [-0.39, 0.29) is 5.97 Å². The van der Waals surface area contributed by atoms with E-state index >= 15 is 0 Å². The Kier molecular flexibility index (Phi) is 6.37. The first-order chi connectivity index (χ1) is 11.4. The standard InChI is InChI=1S/C19H25NO3S/c1-12(2)10-22-16-8-6-15(7-9-16)18-20-14(5)17(24-18)19(21)23-11-13(3)4/h6-9,12-13H,10-11H2,1-5H3. The highest BCUT2D eigenvalue weighted by atomic mass is 32.1. The first-order valence-electron chi connectivity index (χ1n) is 8.24. The number of hydrogen-bond donors (Lipinski definition) is 0. The van der Waals surface area contributed by atoms with Crippen LogP contribution in [-0.2, 0) is 4.74 Å². The summed E-state index contributed by atoms with van der Waals surface area (Å²) in [6.45, 7) is 11.2. The van der Waals surface area contributed by atoms with E-state index in [4.69, 9.17) is 9.47 Å². The number of carbonyl (C=O) groups is 1. The second kappa shape index (κ2) is 8.29. The molecule has 0 saturated heterocycles. The SMILES string of the molecule is Cc1nc(-c2ccc(OCC(C)C)cc2)sc1C(=O)OCC(C)C. The average molecular weight is 347 g/mol. The third kappa shape index (κ3) is 5.06. The second-order valence-corrected chi connectivity index (χ2v) is 7.65. The normalized spacial score (nSPS) is 11.1. The lowest BCUT2D eigenvalue weighted by atomic mass is 10.2. The molecule has 0 fully saturated rings. The molecule has 0 amide bonds. The fourth-order valence-corrected chi connectivity index (χ4v) is 2.94. The Balaban J connectivity index is 2.09. The van der Waals surface area contributed by atoms with Gasteiger partial charge in [-0.2, -0.15) is 0 Å². The number of esters is 1. The third-order valence-electron chi connectivity index (χ3n) is 3.21. The van der Waals surface area contributed by atoms with Crippen LogP contribution in [0.2, 0.25) is 0 Å². The lowest BCUT2D eigenvalue weighted by Gasteiger charge is -2.08. The molecule has 0 unspecified atom stereocenters. The zero-order valence-corrected chi connectivity index (χ0v) is 15.8. The van der Waals surface area contributed by atoms with E-state index in [2.05, 4.69) is 18.8 Å². The fraction of sp³-hybridized carbons (Fsp3) is 0.474. The van der Waals surface area contributed by atoms with Crippen molar-refractivity contribution in [2.24, 2.45) is 11.8 Å². The summed E-state index contributed by atoms with van der Waals surface area (Å²) in [5, 5.41) is 0.819. The monoisotopic (exact) mass is 347 g/mol. The molecule has 2 aromatic rings. The molecule has 130 valence electrons. The van der Waals surface area contributed by atoms with Crippen molar-refractivity contribution in [2.75, 3.05) is 13.2 Å². The third-order valence-corrected chi connectivity index (χ3v) is 4.40. The maximum atomic E-state index is 12.1. The van der Waals surface area contributed by atoms with Crippen molar-refractivity contribution in [1.82, 2.24) is 4.98 Å². The van der Waals surface area contributed by atoms with Crippen LogP contribution < -0.4 is 4.74 Å². The van der Waals surface area contributed by atoms with Crippen LogP contribution in [0.4, 0.5) is 0 Å². The zero-order valence-electron chi connectivity index (χ0n) is 15.0. The number of aromatic nitrogens is 1. The molecule has 0 radical (unpaired) electrons. The summed E-state index contributed by atoms with van der Waals surface area (Å²) < 4.78 is 11.0. The molecule has 0 aliphatic carbocycles. The lowest BCUT2D eigenvalue weighted by Crippen LogP contribution is -2.09. The number of benzene rings is 1. The van der Waals surface area contributed by atoms with Crippen LogP contribution in [0.3, 0.4) is 0 Å². The first kappa shape index (κ1) is 18.5. The number of nitrogens with zero attached hydrogens (tertiary/aromatic N) is 1. The van der Waals surface area contributed by atoms with Gasteiger partial charge in [-0.25, -0.2) is 9.78 Å². The highest BCUT2D eigenvalue weighted by Crippen LogP contribution is 2.29. The van der Waals surface area contributed by atoms with E-state index in [9.17, 15) is 4.79 Å². The van der Waals surface area contributed by atoms with Gasteiger partial charge in [0.05, 0.1) is 18.9 Å². The van der Waals surface area contributed by atoms with Crippen molar-refractivity contribution in [3.63, 3.8) is 0 Å². The Hall–Kier alpha value is -1.88. The van der Waals surface area contributed by atoms with E-state index < -0.39 is 0 Å². The van der Waals surface area contributed by atoms with Gasteiger partial charge >= 0.3 is 5.97 Å². The summed E-state index contributed by atoms with van der Waals surface area (Å²) in [6, 6.07) is 7.81. The van der Waals surface area contributed by atoms with Crippen LogP contribution in [0.1, 0.15) is 43.1 Å². The Bertz CT molecular complexity index is 674. The molecule has 0 aliphatic heterocycles. The number of aryl methyl sites for hydroxylation is 1. The van der Waals surface area contributed by atoms with Gasteiger partial charge in [0.25, 0.3) is 0 Å². The number of carbonyl (C=O) groups excluding carboxylic acids is 1.